The molecule has 0 radical (unpaired) electrons. The fourth-order valence-electron chi connectivity index (χ4n) is 4.92. The zero-order valence-electron chi connectivity index (χ0n) is 18.6. The quantitative estimate of drug-likeness (QED) is 0.507. The lowest BCUT2D eigenvalue weighted by Crippen LogP contribution is -2.28. The summed E-state index contributed by atoms with van der Waals surface area (Å²) in [5.74, 6) is 0.812. The van der Waals surface area contributed by atoms with Gasteiger partial charge in [0.05, 0.1) is 28.8 Å². The first-order valence-electron chi connectivity index (χ1n) is 11.4. The first kappa shape index (κ1) is 22.1. The van der Waals surface area contributed by atoms with Crippen LogP contribution in [0.2, 0.25) is 0 Å². The maximum atomic E-state index is 14.6. The lowest BCUT2D eigenvalue weighted by Gasteiger charge is -2.18. The summed E-state index contributed by atoms with van der Waals surface area (Å²) in [6.07, 6.45) is 0.563. The highest BCUT2D eigenvalue weighted by Crippen LogP contribution is 2.34. The van der Waals surface area contributed by atoms with Gasteiger partial charge in [0, 0.05) is 18.2 Å². The van der Waals surface area contributed by atoms with E-state index in [1.165, 1.54) is 28.8 Å². The van der Waals surface area contributed by atoms with Crippen LogP contribution in [0.15, 0.2) is 46.1 Å². The van der Waals surface area contributed by atoms with Crippen LogP contribution in [-0.2, 0) is 16.1 Å². The number of rotatable bonds is 6. The Labute approximate surface area is 203 Å². The second kappa shape index (κ2) is 8.65. The van der Waals surface area contributed by atoms with Crippen molar-refractivity contribution in [2.45, 2.75) is 36.4 Å². The van der Waals surface area contributed by atoms with Crippen LogP contribution >= 0.6 is 11.8 Å². The normalized spacial score (nSPS) is 20.8. The summed E-state index contributed by atoms with van der Waals surface area (Å²) in [4.78, 5) is 43.1. The molecule has 2 atom stereocenters. The smallest absolute Gasteiger partial charge is 0.415 e. The van der Waals surface area contributed by atoms with Crippen molar-refractivity contribution in [1.29, 1.82) is 0 Å². The molecule has 2 N–H and O–H groups in total. The molecule has 1 aromatic carbocycles. The molecular formula is C24H22FN5O4S. The number of fused-ring (bicyclic) bond motifs is 1. The van der Waals surface area contributed by atoms with Gasteiger partial charge in [0.15, 0.2) is 0 Å². The second-order valence-electron chi connectivity index (χ2n) is 8.80. The number of nitrogens with zero attached hydrogens (tertiary/aromatic N) is 3. The molecule has 1 fully saturated rings. The number of amides is 2. The van der Waals surface area contributed by atoms with Gasteiger partial charge in [-0.15, -0.1) is 11.8 Å². The predicted octanol–water partition coefficient (Wildman–Crippen LogP) is 3.03. The van der Waals surface area contributed by atoms with E-state index in [2.05, 4.69) is 15.6 Å². The number of anilines is 2. The van der Waals surface area contributed by atoms with E-state index in [1.54, 1.807) is 22.8 Å². The van der Waals surface area contributed by atoms with E-state index >= 15 is 0 Å². The van der Waals surface area contributed by atoms with Crippen LogP contribution in [-0.4, -0.2) is 46.5 Å². The van der Waals surface area contributed by atoms with Gasteiger partial charge in [0.25, 0.3) is 5.56 Å². The van der Waals surface area contributed by atoms with Gasteiger partial charge < -0.3 is 19.9 Å². The van der Waals surface area contributed by atoms with Crippen molar-refractivity contribution in [2.75, 3.05) is 29.1 Å². The molecule has 180 valence electrons. The van der Waals surface area contributed by atoms with E-state index in [0.29, 0.717) is 60.9 Å². The zero-order valence-corrected chi connectivity index (χ0v) is 19.4. The monoisotopic (exact) mass is 495 g/mol. The second-order valence-corrected chi connectivity index (χ2v) is 9.82. The zero-order chi connectivity index (χ0) is 24.1. The summed E-state index contributed by atoms with van der Waals surface area (Å²) >= 11 is 1.41. The molecule has 6 rings (SSSR count). The largest absolute Gasteiger partial charge is 0.444 e. The average molecular weight is 496 g/mol. The molecule has 3 aliphatic rings. The van der Waals surface area contributed by atoms with Crippen LogP contribution in [0.25, 0.3) is 10.9 Å². The van der Waals surface area contributed by atoms with Crippen LogP contribution in [0.3, 0.4) is 0 Å². The van der Waals surface area contributed by atoms with E-state index in [1.807, 2.05) is 6.07 Å². The van der Waals surface area contributed by atoms with E-state index in [4.69, 9.17) is 4.74 Å². The highest BCUT2D eigenvalue weighted by Gasteiger charge is 2.34. The lowest BCUT2D eigenvalue weighted by molar-refractivity contribution is -0.113. The highest BCUT2D eigenvalue weighted by molar-refractivity contribution is 8.00. The summed E-state index contributed by atoms with van der Waals surface area (Å²) in [7, 11) is 0. The number of carbonyl (C=O) groups is 2. The topological polar surface area (TPSA) is 106 Å². The maximum absolute atomic E-state index is 14.6. The number of hydrogen-bond donors (Lipinski definition) is 2. The van der Waals surface area contributed by atoms with Crippen LogP contribution in [0, 0.1) is 5.82 Å². The third-order valence-corrected chi connectivity index (χ3v) is 7.60. The highest BCUT2D eigenvalue weighted by atomic mass is 32.2. The van der Waals surface area contributed by atoms with E-state index in [-0.39, 0.29) is 29.4 Å². The lowest BCUT2D eigenvalue weighted by atomic mass is 10.1. The molecule has 0 saturated carbocycles. The number of aromatic nitrogens is 2. The van der Waals surface area contributed by atoms with Gasteiger partial charge in [0.2, 0.25) is 5.91 Å². The SMILES string of the molecule is O=C1CSc2ccc(N3C[C@H](CCCN[C@H]4Cn5c(=O)ccc6ccc(F)c4c65)OC3=O)nc2N1. The number of thioether (sulfide) groups is 1. The summed E-state index contributed by atoms with van der Waals surface area (Å²) in [5, 5.41) is 6.94. The molecule has 0 unspecified atom stereocenters. The van der Waals surface area contributed by atoms with Crippen molar-refractivity contribution in [2.24, 2.45) is 0 Å². The Morgan fingerprint density at radius 3 is 2.89 bits per heavy atom. The molecule has 35 heavy (non-hydrogen) atoms. The summed E-state index contributed by atoms with van der Waals surface area (Å²) in [6, 6.07) is 9.68. The van der Waals surface area contributed by atoms with Crippen molar-refractivity contribution < 1.29 is 18.7 Å². The molecule has 5 heterocycles. The number of carbonyl (C=O) groups excluding carboxylic acids is 2. The number of ether oxygens (including phenoxy) is 1. The molecule has 3 aliphatic heterocycles. The molecule has 2 amide bonds. The van der Waals surface area contributed by atoms with Gasteiger partial charge in [0.1, 0.15) is 23.6 Å². The minimum Gasteiger partial charge on any atom is -0.444 e. The van der Waals surface area contributed by atoms with Crippen LogP contribution < -0.4 is 21.1 Å². The third kappa shape index (κ3) is 3.94. The molecule has 9 nitrogen and oxygen atoms in total. The van der Waals surface area contributed by atoms with E-state index in [0.717, 1.165) is 10.3 Å². The van der Waals surface area contributed by atoms with Crippen molar-refractivity contribution in [3.8, 4) is 0 Å². The fourth-order valence-corrected chi connectivity index (χ4v) is 5.68. The molecular weight excluding hydrogens is 473 g/mol. The van der Waals surface area contributed by atoms with E-state index < -0.39 is 6.09 Å². The number of pyridine rings is 2. The van der Waals surface area contributed by atoms with Gasteiger partial charge >= 0.3 is 6.09 Å². The number of hydrogen-bond acceptors (Lipinski definition) is 7. The Morgan fingerprint density at radius 1 is 1.14 bits per heavy atom. The van der Waals surface area contributed by atoms with Crippen LogP contribution in [0.4, 0.5) is 20.8 Å². The Hall–Kier alpha value is -3.44. The van der Waals surface area contributed by atoms with Gasteiger partial charge in [-0.1, -0.05) is 0 Å². The number of nitrogens with one attached hydrogen (secondary N) is 2. The molecule has 1 saturated heterocycles. The minimum atomic E-state index is -0.468. The molecule has 2 aromatic heterocycles. The third-order valence-electron chi connectivity index (χ3n) is 6.55. The molecule has 11 heteroatoms. The Morgan fingerprint density at radius 2 is 2.00 bits per heavy atom. The molecule has 0 bridgehead atoms. The Balaban J connectivity index is 1.06. The Bertz CT molecular complexity index is 1430. The van der Waals surface area contributed by atoms with Gasteiger partial charge in [-0.05, 0) is 55.1 Å². The van der Waals surface area contributed by atoms with Gasteiger partial charge in [-0.3, -0.25) is 14.5 Å². The van der Waals surface area contributed by atoms with Crippen molar-refractivity contribution >= 4 is 46.3 Å². The van der Waals surface area contributed by atoms with Crippen molar-refractivity contribution in [1.82, 2.24) is 14.9 Å². The maximum Gasteiger partial charge on any atom is 0.415 e. The molecule has 3 aromatic rings. The summed E-state index contributed by atoms with van der Waals surface area (Å²) in [6.45, 7) is 1.33. The first-order chi connectivity index (χ1) is 17.0. The fraction of sp³-hybridized carbons (Fsp3) is 0.333. The van der Waals surface area contributed by atoms with Crippen molar-refractivity contribution in [3.05, 3.63) is 58.1 Å². The molecule has 0 aliphatic carbocycles. The van der Waals surface area contributed by atoms with Crippen LogP contribution in [0.5, 0.6) is 0 Å². The standard InChI is InChI=1S/C24H22FN5O4S/c25-15-5-3-13-4-8-20(32)30-11-16(21(15)22(13)30)26-9-1-2-14-10-29(24(33)34-14)18-7-6-17-23(27-18)28-19(31)12-35-17/h3-8,14,16,26H,1-2,9-12H2,(H,27,28,31)/t14-,16-/m0/s1. The number of halogens is 1. The van der Waals surface area contributed by atoms with Crippen LogP contribution in [0.1, 0.15) is 24.4 Å². The van der Waals surface area contributed by atoms with Crippen molar-refractivity contribution in [3.63, 3.8) is 0 Å². The summed E-state index contributed by atoms with van der Waals surface area (Å²) in [5.41, 5.74) is 1.05. The predicted molar refractivity (Wildman–Crippen MR) is 129 cm³/mol. The number of benzene rings is 1. The van der Waals surface area contributed by atoms with Gasteiger partial charge in [-0.2, -0.15) is 0 Å². The van der Waals surface area contributed by atoms with E-state index in [9.17, 15) is 18.8 Å². The number of cyclic esters (lactones) is 1. The molecule has 0 spiro atoms. The minimum absolute atomic E-state index is 0.118. The summed E-state index contributed by atoms with van der Waals surface area (Å²) < 4.78 is 21.8. The van der Waals surface area contributed by atoms with Gasteiger partial charge in [-0.25, -0.2) is 14.2 Å². The first-order valence-corrected chi connectivity index (χ1v) is 12.4. The average Bonchev–Trinajstić information content (AvgIpc) is 3.42. The Kier molecular flexibility index (Phi) is 5.45.